The average molecular weight is 336 g/mol. The lowest BCUT2D eigenvalue weighted by Gasteiger charge is -2.15. The number of aromatic nitrogens is 1. The molecule has 0 bridgehead atoms. The number of amides is 1. The molecule has 0 fully saturated rings. The molecule has 25 heavy (non-hydrogen) atoms. The van der Waals surface area contributed by atoms with Gasteiger partial charge in [0.15, 0.2) is 0 Å². The van der Waals surface area contributed by atoms with Crippen LogP contribution in [0, 0.1) is 6.92 Å². The third kappa shape index (κ3) is 3.55. The summed E-state index contributed by atoms with van der Waals surface area (Å²) in [4.78, 5) is 12.8. The van der Waals surface area contributed by atoms with Crippen LogP contribution in [0.15, 0.2) is 59.1 Å². The molecule has 1 aromatic heterocycles. The fourth-order valence-corrected chi connectivity index (χ4v) is 2.68. The Hall–Kier alpha value is -3.08. The highest BCUT2D eigenvalue weighted by molar-refractivity contribution is 6.00. The van der Waals surface area contributed by atoms with Crippen molar-refractivity contribution in [3.8, 4) is 17.0 Å². The van der Waals surface area contributed by atoms with Gasteiger partial charge >= 0.3 is 0 Å². The third-order valence-corrected chi connectivity index (χ3v) is 4.10. The summed E-state index contributed by atoms with van der Waals surface area (Å²) in [5.41, 5.74) is 2.86. The molecule has 0 aliphatic carbocycles. The van der Waals surface area contributed by atoms with Crippen LogP contribution in [0.5, 0.6) is 5.75 Å². The number of rotatable bonds is 5. The van der Waals surface area contributed by atoms with Crippen molar-refractivity contribution in [3.05, 3.63) is 71.5 Å². The Morgan fingerprint density at radius 2 is 1.80 bits per heavy atom. The Morgan fingerprint density at radius 3 is 2.44 bits per heavy atom. The maximum atomic E-state index is 12.8. The van der Waals surface area contributed by atoms with E-state index in [1.165, 1.54) is 0 Å². The summed E-state index contributed by atoms with van der Waals surface area (Å²) in [6.07, 6.45) is 0. The monoisotopic (exact) mass is 336 g/mol. The molecule has 0 saturated heterocycles. The predicted molar refractivity (Wildman–Crippen MR) is 95.6 cm³/mol. The second kappa shape index (κ2) is 7.21. The predicted octanol–water partition coefficient (Wildman–Crippen LogP) is 4.15. The molecule has 0 aliphatic heterocycles. The van der Waals surface area contributed by atoms with Gasteiger partial charge in [-0.3, -0.25) is 4.79 Å². The van der Waals surface area contributed by atoms with Gasteiger partial charge in [-0.05, 0) is 31.5 Å². The Balaban J connectivity index is 1.82. The van der Waals surface area contributed by atoms with Crippen LogP contribution in [0.2, 0.25) is 0 Å². The largest absolute Gasteiger partial charge is 0.497 e. The van der Waals surface area contributed by atoms with Crippen molar-refractivity contribution in [2.24, 2.45) is 0 Å². The molecule has 0 spiro atoms. The number of benzene rings is 2. The zero-order chi connectivity index (χ0) is 17.8. The first-order chi connectivity index (χ1) is 12.1. The molecule has 1 N–H and O–H groups in total. The van der Waals surface area contributed by atoms with Crippen LogP contribution in [0.1, 0.15) is 34.6 Å². The molecule has 3 rings (SSSR count). The van der Waals surface area contributed by atoms with Crippen molar-refractivity contribution in [1.29, 1.82) is 0 Å². The van der Waals surface area contributed by atoms with E-state index in [9.17, 15) is 4.79 Å². The van der Waals surface area contributed by atoms with Gasteiger partial charge in [0, 0.05) is 5.56 Å². The number of methoxy groups -OCH3 is 1. The Labute approximate surface area is 146 Å². The van der Waals surface area contributed by atoms with Crippen LogP contribution >= 0.6 is 0 Å². The summed E-state index contributed by atoms with van der Waals surface area (Å²) >= 11 is 0. The number of hydrogen-bond acceptors (Lipinski definition) is 4. The van der Waals surface area contributed by atoms with Gasteiger partial charge in [0.2, 0.25) is 0 Å². The number of carbonyl (C=O) groups excluding carboxylic acids is 1. The molecule has 1 unspecified atom stereocenters. The van der Waals surface area contributed by atoms with Crippen LogP contribution in [0.4, 0.5) is 0 Å². The van der Waals surface area contributed by atoms with Gasteiger partial charge in [-0.15, -0.1) is 0 Å². The minimum absolute atomic E-state index is 0.156. The molecule has 2 aromatic carbocycles. The van der Waals surface area contributed by atoms with Crippen LogP contribution in [-0.4, -0.2) is 18.2 Å². The lowest BCUT2D eigenvalue weighted by atomic mass is 10.0. The maximum Gasteiger partial charge on any atom is 0.257 e. The average Bonchev–Trinajstić information content (AvgIpc) is 3.04. The van der Waals surface area contributed by atoms with E-state index in [0.717, 1.165) is 16.9 Å². The third-order valence-electron chi connectivity index (χ3n) is 4.10. The van der Waals surface area contributed by atoms with E-state index >= 15 is 0 Å². The summed E-state index contributed by atoms with van der Waals surface area (Å²) in [6, 6.07) is 17.0. The van der Waals surface area contributed by atoms with E-state index in [1.54, 1.807) is 14.0 Å². The number of ether oxygens (including phenoxy) is 1. The molecule has 1 atom stereocenters. The van der Waals surface area contributed by atoms with Gasteiger partial charge in [-0.25, -0.2) is 0 Å². The first kappa shape index (κ1) is 16.8. The Kier molecular flexibility index (Phi) is 4.84. The number of hydrogen-bond donors (Lipinski definition) is 1. The standard InChI is InChI=1S/C20H20N2O3/c1-13(15-9-11-17(24-3)12-10-15)21-20(23)18-14(2)25-22-19(18)16-7-5-4-6-8-16/h4-13H,1-3H3,(H,21,23). The smallest absolute Gasteiger partial charge is 0.257 e. The zero-order valence-corrected chi connectivity index (χ0v) is 14.4. The number of nitrogens with zero attached hydrogens (tertiary/aromatic N) is 1. The van der Waals surface area contributed by atoms with Crippen LogP contribution in [0.3, 0.4) is 0 Å². The summed E-state index contributed by atoms with van der Waals surface area (Å²) in [7, 11) is 1.63. The van der Waals surface area contributed by atoms with Gasteiger partial charge in [-0.1, -0.05) is 47.6 Å². The van der Waals surface area contributed by atoms with E-state index in [2.05, 4.69) is 10.5 Å². The summed E-state index contributed by atoms with van der Waals surface area (Å²) in [5.74, 6) is 1.07. The molecular weight excluding hydrogens is 316 g/mol. The van der Waals surface area contributed by atoms with Crippen molar-refractivity contribution < 1.29 is 14.1 Å². The highest BCUT2D eigenvalue weighted by Crippen LogP contribution is 2.26. The second-order valence-electron chi connectivity index (χ2n) is 5.80. The minimum Gasteiger partial charge on any atom is -0.497 e. The van der Waals surface area contributed by atoms with E-state index in [1.807, 2.05) is 61.5 Å². The number of carbonyl (C=O) groups is 1. The summed E-state index contributed by atoms with van der Waals surface area (Å²) in [6.45, 7) is 3.68. The Bertz CT molecular complexity index is 854. The van der Waals surface area contributed by atoms with E-state index in [-0.39, 0.29) is 11.9 Å². The first-order valence-corrected chi connectivity index (χ1v) is 8.06. The minimum atomic E-state index is -0.207. The van der Waals surface area contributed by atoms with Gasteiger partial charge < -0.3 is 14.6 Å². The molecule has 0 radical (unpaired) electrons. The van der Waals surface area contributed by atoms with E-state index < -0.39 is 0 Å². The molecule has 128 valence electrons. The highest BCUT2D eigenvalue weighted by atomic mass is 16.5. The fourth-order valence-electron chi connectivity index (χ4n) is 2.68. The quantitative estimate of drug-likeness (QED) is 0.760. The van der Waals surface area contributed by atoms with Crippen molar-refractivity contribution in [1.82, 2.24) is 10.5 Å². The van der Waals surface area contributed by atoms with E-state index in [4.69, 9.17) is 9.26 Å². The zero-order valence-electron chi connectivity index (χ0n) is 14.4. The molecule has 1 heterocycles. The van der Waals surface area contributed by atoms with Gasteiger partial charge in [0.25, 0.3) is 5.91 Å². The van der Waals surface area contributed by atoms with Crippen LogP contribution < -0.4 is 10.1 Å². The fraction of sp³-hybridized carbons (Fsp3) is 0.200. The van der Waals surface area contributed by atoms with Gasteiger partial charge in [0.05, 0.1) is 13.2 Å². The molecule has 0 saturated carbocycles. The highest BCUT2D eigenvalue weighted by Gasteiger charge is 2.23. The molecule has 1 amide bonds. The first-order valence-electron chi connectivity index (χ1n) is 8.06. The number of aryl methyl sites for hydroxylation is 1. The van der Waals surface area contributed by atoms with Gasteiger partial charge in [0.1, 0.15) is 22.8 Å². The lowest BCUT2D eigenvalue weighted by Crippen LogP contribution is -2.27. The molecular formula is C20H20N2O3. The molecule has 3 aromatic rings. The lowest BCUT2D eigenvalue weighted by molar-refractivity contribution is 0.0939. The Morgan fingerprint density at radius 1 is 1.12 bits per heavy atom. The van der Waals surface area contributed by atoms with E-state index in [0.29, 0.717) is 17.0 Å². The molecule has 5 nitrogen and oxygen atoms in total. The number of nitrogens with one attached hydrogen (secondary N) is 1. The molecule has 5 heteroatoms. The van der Waals surface area contributed by atoms with Crippen LogP contribution in [-0.2, 0) is 0 Å². The topological polar surface area (TPSA) is 64.4 Å². The van der Waals surface area contributed by atoms with Crippen molar-refractivity contribution >= 4 is 5.91 Å². The summed E-state index contributed by atoms with van der Waals surface area (Å²) in [5, 5.41) is 7.06. The van der Waals surface area contributed by atoms with Crippen LogP contribution in [0.25, 0.3) is 11.3 Å². The van der Waals surface area contributed by atoms with Gasteiger partial charge in [-0.2, -0.15) is 0 Å². The summed E-state index contributed by atoms with van der Waals surface area (Å²) < 4.78 is 10.4. The van der Waals surface area contributed by atoms with Crippen molar-refractivity contribution in [2.45, 2.75) is 19.9 Å². The van der Waals surface area contributed by atoms with Crippen molar-refractivity contribution in [3.63, 3.8) is 0 Å². The SMILES string of the molecule is COc1ccc(C(C)NC(=O)c2c(-c3ccccc3)noc2C)cc1. The second-order valence-corrected chi connectivity index (χ2v) is 5.80. The maximum absolute atomic E-state index is 12.8. The van der Waals surface area contributed by atoms with Crippen molar-refractivity contribution in [2.75, 3.05) is 7.11 Å². The normalized spacial score (nSPS) is 11.8. The molecule has 0 aliphatic rings.